The first kappa shape index (κ1) is 14.9. The van der Waals surface area contributed by atoms with E-state index < -0.39 is 10.0 Å². The van der Waals surface area contributed by atoms with Crippen LogP contribution in [0.4, 0.5) is 0 Å². The maximum Gasteiger partial charge on any atom is 0.217 e. The molecule has 0 aromatic rings. The molecule has 1 aliphatic rings. The van der Waals surface area contributed by atoms with Crippen molar-refractivity contribution < 1.29 is 13.2 Å². The van der Waals surface area contributed by atoms with E-state index in [-0.39, 0.29) is 11.3 Å². The largest absolute Gasteiger partial charge is 0.383 e. The highest BCUT2D eigenvalue weighted by Gasteiger charge is 2.34. The third-order valence-corrected chi connectivity index (χ3v) is 5.70. The second kappa shape index (κ2) is 6.68. The second-order valence-corrected chi connectivity index (χ2v) is 6.86. The van der Waals surface area contributed by atoms with E-state index in [1.54, 1.807) is 11.4 Å². The number of rotatable bonds is 6. The Bertz CT molecular complexity index is 311. The highest BCUT2D eigenvalue weighted by atomic mass is 32.2. The zero-order valence-corrected chi connectivity index (χ0v) is 11.8. The van der Waals surface area contributed by atoms with Crippen molar-refractivity contribution in [2.75, 3.05) is 33.4 Å². The lowest BCUT2D eigenvalue weighted by Crippen LogP contribution is -2.47. The molecular weight excluding hydrogens is 240 g/mol. The van der Waals surface area contributed by atoms with Gasteiger partial charge in [-0.25, -0.2) is 8.42 Å². The average molecular weight is 264 g/mol. The van der Waals surface area contributed by atoms with Gasteiger partial charge in [0, 0.05) is 19.7 Å². The summed E-state index contributed by atoms with van der Waals surface area (Å²) < 4.78 is 31.5. The average Bonchev–Trinajstić information content (AvgIpc) is 2.30. The van der Waals surface area contributed by atoms with E-state index >= 15 is 0 Å². The monoisotopic (exact) mass is 264 g/mol. The van der Waals surface area contributed by atoms with Crippen LogP contribution in [-0.4, -0.2) is 57.4 Å². The Morgan fingerprint density at radius 3 is 2.41 bits per heavy atom. The third kappa shape index (κ3) is 3.91. The van der Waals surface area contributed by atoms with Crippen molar-refractivity contribution in [3.63, 3.8) is 0 Å². The summed E-state index contributed by atoms with van der Waals surface area (Å²) in [5.74, 6) is 0. The molecule has 0 saturated carbocycles. The predicted molar refractivity (Wildman–Crippen MR) is 68.5 cm³/mol. The minimum absolute atomic E-state index is 0.00923. The van der Waals surface area contributed by atoms with Gasteiger partial charge >= 0.3 is 0 Å². The first-order valence-corrected chi connectivity index (χ1v) is 7.70. The molecule has 6 heteroatoms. The Morgan fingerprint density at radius 1 is 1.35 bits per heavy atom. The van der Waals surface area contributed by atoms with Crippen LogP contribution in [0.2, 0.25) is 0 Å². The number of sulfonamides is 1. The number of nitrogens with zero attached hydrogens (tertiary/aromatic N) is 1. The van der Waals surface area contributed by atoms with Gasteiger partial charge in [0.15, 0.2) is 0 Å². The first-order chi connectivity index (χ1) is 8.00. The minimum Gasteiger partial charge on any atom is -0.383 e. The number of piperidine rings is 1. The zero-order valence-electron chi connectivity index (χ0n) is 11.0. The van der Waals surface area contributed by atoms with Crippen molar-refractivity contribution in [2.24, 2.45) is 0 Å². The van der Waals surface area contributed by atoms with E-state index in [9.17, 15) is 8.42 Å². The van der Waals surface area contributed by atoms with Crippen molar-refractivity contribution in [1.29, 1.82) is 0 Å². The van der Waals surface area contributed by atoms with Crippen LogP contribution in [0.15, 0.2) is 0 Å². The molecule has 1 saturated heterocycles. The van der Waals surface area contributed by atoms with Gasteiger partial charge in [0.25, 0.3) is 0 Å². The van der Waals surface area contributed by atoms with E-state index in [1.165, 1.54) is 0 Å². The normalized spacial score (nSPS) is 19.1. The summed E-state index contributed by atoms with van der Waals surface area (Å²) in [5, 5.41) is 2.96. The van der Waals surface area contributed by atoms with Gasteiger partial charge in [0.05, 0.1) is 11.9 Å². The number of ether oxygens (including phenoxy) is 1. The molecule has 17 heavy (non-hydrogen) atoms. The lowest BCUT2D eigenvalue weighted by Gasteiger charge is -2.32. The molecular formula is C11H24N2O3S. The SMILES string of the molecule is COCCN(C(C)C)S(=O)(=O)C1CCNCC1. The third-order valence-electron chi connectivity index (χ3n) is 3.13. The molecule has 0 amide bonds. The van der Waals surface area contributed by atoms with Gasteiger partial charge in [-0.1, -0.05) is 0 Å². The summed E-state index contributed by atoms with van der Waals surface area (Å²) in [4.78, 5) is 0. The fourth-order valence-corrected chi connectivity index (χ4v) is 4.28. The lowest BCUT2D eigenvalue weighted by atomic mass is 10.2. The van der Waals surface area contributed by atoms with E-state index in [4.69, 9.17) is 4.74 Å². The van der Waals surface area contributed by atoms with Crippen LogP contribution in [0.25, 0.3) is 0 Å². The van der Waals surface area contributed by atoms with Crippen LogP contribution < -0.4 is 5.32 Å². The van der Waals surface area contributed by atoms with Gasteiger partial charge in [0.2, 0.25) is 10.0 Å². The van der Waals surface area contributed by atoms with Crippen LogP contribution in [-0.2, 0) is 14.8 Å². The summed E-state index contributed by atoms with van der Waals surface area (Å²) in [5.41, 5.74) is 0. The number of hydrogen-bond acceptors (Lipinski definition) is 4. The first-order valence-electron chi connectivity index (χ1n) is 6.20. The second-order valence-electron chi connectivity index (χ2n) is 4.69. The van der Waals surface area contributed by atoms with Gasteiger partial charge in [0.1, 0.15) is 0 Å². The molecule has 0 spiro atoms. The van der Waals surface area contributed by atoms with Gasteiger partial charge < -0.3 is 10.1 Å². The van der Waals surface area contributed by atoms with E-state index in [1.807, 2.05) is 13.8 Å². The molecule has 0 aliphatic carbocycles. The molecule has 102 valence electrons. The Labute approximate surface area is 105 Å². The van der Waals surface area contributed by atoms with Crippen LogP contribution in [0.3, 0.4) is 0 Å². The summed E-state index contributed by atoms with van der Waals surface area (Å²) in [7, 11) is -1.59. The summed E-state index contributed by atoms with van der Waals surface area (Å²) in [6.07, 6.45) is 1.41. The molecule has 0 atom stereocenters. The molecule has 1 heterocycles. The van der Waals surface area contributed by atoms with E-state index in [0.29, 0.717) is 26.0 Å². The lowest BCUT2D eigenvalue weighted by molar-refractivity contribution is 0.170. The molecule has 0 aromatic carbocycles. The highest BCUT2D eigenvalue weighted by molar-refractivity contribution is 7.89. The molecule has 1 rings (SSSR count). The minimum atomic E-state index is -3.18. The van der Waals surface area contributed by atoms with Crippen molar-refractivity contribution in [3.05, 3.63) is 0 Å². The maximum atomic E-state index is 12.5. The van der Waals surface area contributed by atoms with Crippen LogP contribution in [0.1, 0.15) is 26.7 Å². The smallest absolute Gasteiger partial charge is 0.217 e. The molecule has 1 N–H and O–H groups in total. The van der Waals surface area contributed by atoms with E-state index in [2.05, 4.69) is 5.32 Å². The van der Waals surface area contributed by atoms with Gasteiger partial charge in [-0.05, 0) is 39.8 Å². The highest BCUT2D eigenvalue weighted by Crippen LogP contribution is 2.19. The molecule has 1 aliphatic heterocycles. The molecule has 5 nitrogen and oxygen atoms in total. The van der Waals surface area contributed by atoms with Gasteiger partial charge in [-0.3, -0.25) is 0 Å². The summed E-state index contributed by atoms with van der Waals surface area (Å²) in [6.45, 7) is 6.30. The summed E-state index contributed by atoms with van der Waals surface area (Å²) in [6, 6.07) is -0.00923. The van der Waals surface area contributed by atoms with Crippen molar-refractivity contribution in [3.8, 4) is 0 Å². The zero-order chi connectivity index (χ0) is 12.9. The van der Waals surface area contributed by atoms with Gasteiger partial charge in [-0.15, -0.1) is 0 Å². The van der Waals surface area contributed by atoms with Crippen molar-refractivity contribution in [2.45, 2.75) is 38.0 Å². The topological polar surface area (TPSA) is 58.6 Å². The molecule has 0 bridgehead atoms. The predicted octanol–water partition coefficient (Wildman–Crippen LogP) is 0.425. The fourth-order valence-electron chi connectivity index (χ4n) is 2.15. The van der Waals surface area contributed by atoms with E-state index in [0.717, 1.165) is 13.1 Å². The number of methoxy groups -OCH3 is 1. The van der Waals surface area contributed by atoms with Crippen LogP contribution in [0, 0.1) is 0 Å². The molecule has 0 unspecified atom stereocenters. The van der Waals surface area contributed by atoms with Crippen LogP contribution >= 0.6 is 0 Å². The number of hydrogen-bond donors (Lipinski definition) is 1. The summed E-state index contributed by atoms with van der Waals surface area (Å²) >= 11 is 0. The molecule has 0 aromatic heterocycles. The standard InChI is InChI=1S/C11H24N2O3S/c1-10(2)13(8-9-16-3)17(14,15)11-4-6-12-7-5-11/h10-12H,4-9H2,1-3H3. The Balaban J connectivity index is 2.75. The van der Waals surface area contributed by atoms with Crippen molar-refractivity contribution in [1.82, 2.24) is 9.62 Å². The maximum absolute atomic E-state index is 12.5. The molecule has 1 fully saturated rings. The van der Waals surface area contributed by atoms with Crippen LogP contribution in [0.5, 0.6) is 0 Å². The Hall–Kier alpha value is -0.170. The Kier molecular flexibility index (Phi) is 5.85. The van der Waals surface area contributed by atoms with Gasteiger partial charge in [-0.2, -0.15) is 4.31 Å². The van der Waals surface area contributed by atoms with Crippen molar-refractivity contribution >= 4 is 10.0 Å². The molecule has 0 radical (unpaired) electrons. The fraction of sp³-hybridized carbons (Fsp3) is 1.00. The quantitative estimate of drug-likeness (QED) is 0.755. The Morgan fingerprint density at radius 2 is 1.94 bits per heavy atom. The number of nitrogens with one attached hydrogen (secondary N) is 1.